The Bertz CT molecular complexity index is 1040. The van der Waals surface area contributed by atoms with Gasteiger partial charge in [-0.15, -0.1) is 0 Å². The molecule has 1 heterocycles. The molecule has 4 rings (SSSR count). The lowest BCUT2D eigenvalue weighted by molar-refractivity contribution is 0.103. The predicted octanol–water partition coefficient (Wildman–Crippen LogP) is 5.53. The molecule has 0 radical (unpaired) electrons. The number of aromatic nitrogens is 2. The number of hydrogen-bond acceptors (Lipinski definition) is 2. The summed E-state index contributed by atoms with van der Waals surface area (Å²) in [4.78, 5) is 13.1. The lowest BCUT2D eigenvalue weighted by Gasteiger charge is -2.02. The highest BCUT2D eigenvalue weighted by atomic mass is 79.9. The minimum atomic E-state index is -0.0364. The Morgan fingerprint density at radius 3 is 2.08 bits per heavy atom. The number of hydrogen-bond donors (Lipinski definition) is 0. The lowest BCUT2D eigenvalue weighted by Crippen LogP contribution is -2.01. The Hall–Kier alpha value is -2.98. The molecule has 0 saturated carbocycles. The van der Waals surface area contributed by atoms with Crippen LogP contribution in [0.2, 0.25) is 0 Å². The molecule has 0 aliphatic rings. The molecule has 0 bridgehead atoms. The Morgan fingerprint density at radius 2 is 1.42 bits per heavy atom. The van der Waals surface area contributed by atoms with Gasteiger partial charge in [0, 0.05) is 21.8 Å². The summed E-state index contributed by atoms with van der Waals surface area (Å²) in [6.45, 7) is 0. The van der Waals surface area contributed by atoms with Gasteiger partial charge in [0.05, 0.1) is 11.3 Å². The molecule has 0 atom stereocenters. The van der Waals surface area contributed by atoms with Crippen LogP contribution >= 0.6 is 15.9 Å². The van der Waals surface area contributed by atoms with Crippen molar-refractivity contribution in [3.63, 3.8) is 0 Å². The molecular weight excluding hydrogens is 388 g/mol. The van der Waals surface area contributed by atoms with E-state index in [9.17, 15) is 4.79 Å². The third kappa shape index (κ3) is 3.24. The van der Waals surface area contributed by atoms with Crippen molar-refractivity contribution in [2.24, 2.45) is 0 Å². The van der Waals surface area contributed by atoms with E-state index in [2.05, 4.69) is 15.9 Å². The van der Waals surface area contributed by atoms with Gasteiger partial charge in [-0.1, -0.05) is 76.6 Å². The molecule has 0 aliphatic carbocycles. The van der Waals surface area contributed by atoms with Crippen molar-refractivity contribution in [2.45, 2.75) is 0 Å². The highest BCUT2D eigenvalue weighted by Crippen LogP contribution is 2.27. The summed E-state index contributed by atoms with van der Waals surface area (Å²) < 4.78 is 2.74. The van der Waals surface area contributed by atoms with Gasteiger partial charge in [0.15, 0.2) is 5.78 Å². The highest BCUT2D eigenvalue weighted by molar-refractivity contribution is 9.10. The van der Waals surface area contributed by atoms with Crippen molar-refractivity contribution in [2.75, 3.05) is 0 Å². The molecular formula is C22H15BrN2O. The maximum Gasteiger partial charge on any atom is 0.196 e. The second-order valence-corrected chi connectivity index (χ2v) is 6.79. The summed E-state index contributed by atoms with van der Waals surface area (Å²) in [5.74, 6) is -0.0364. The molecule has 126 valence electrons. The molecule has 0 amide bonds. The quantitative estimate of drug-likeness (QED) is 0.420. The van der Waals surface area contributed by atoms with Crippen LogP contribution in [0.25, 0.3) is 16.9 Å². The van der Waals surface area contributed by atoms with Crippen LogP contribution in [0.4, 0.5) is 0 Å². The number of halogens is 1. The first-order valence-electron chi connectivity index (χ1n) is 8.23. The summed E-state index contributed by atoms with van der Waals surface area (Å²) >= 11 is 3.45. The molecule has 0 fully saturated rings. The molecule has 3 nitrogen and oxygen atoms in total. The van der Waals surface area contributed by atoms with Gasteiger partial charge in [-0.05, 0) is 24.3 Å². The monoisotopic (exact) mass is 402 g/mol. The Labute approximate surface area is 160 Å². The van der Waals surface area contributed by atoms with Gasteiger partial charge in [-0.25, -0.2) is 4.68 Å². The number of benzene rings is 3. The number of nitrogens with zero attached hydrogens (tertiary/aromatic N) is 2. The van der Waals surface area contributed by atoms with Crippen LogP contribution in [0.1, 0.15) is 15.9 Å². The Balaban J connectivity index is 1.87. The zero-order valence-corrected chi connectivity index (χ0v) is 15.4. The van der Waals surface area contributed by atoms with E-state index in [1.807, 2.05) is 91.1 Å². The Morgan fingerprint density at radius 1 is 0.808 bits per heavy atom. The van der Waals surface area contributed by atoms with E-state index in [-0.39, 0.29) is 5.78 Å². The average molecular weight is 403 g/mol. The molecule has 0 spiro atoms. The molecule has 4 aromatic rings. The molecule has 1 aromatic heterocycles. The fourth-order valence-corrected chi connectivity index (χ4v) is 3.08. The van der Waals surface area contributed by atoms with Gasteiger partial charge in [0.1, 0.15) is 5.69 Å². The molecule has 4 heteroatoms. The minimum Gasteiger partial charge on any atom is -0.288 e. The minimum absolute atomic E-state index is 0.0364. The second-order valence-electron chi connectivity index (χ2n) is 5.87. The smallest absolute Gasteiger partial charge is 0.196 e. The van der Waals surface area contributed by atoms with E-state index >= 15 is 0 Å². The first-order chi connectivity index (χ1) is 12.7. The molecule has 26 heavy (non-hydrogen) atoms. The lowest BCUT2D eigenvalue weighted by atomic mass is 10.0. The van der Waals surface area contributed by atoms with E-state index < -0.39 is 0 Å². The van der Waals surface area contributed by atoms with Crippen molar-refractivity contribution in [1.29, 1.82) is 0 Å². The number of para-hydroxylation sites is 1. The Kier molecular flexibility index (Phi) is 4.50. The van der Waals surface area contributed by atoms with Crippen LogP contribution in [-0.4, -0.2) is 15.6 Å². The van der Waals surface area contributed by atoms with Gasteiger partial charge in [-0.2, -0.15) is 5.10 Å². The van der Waals surface area contributed by atoms with E-state index in [0.29, 0.717) is 16.8 Å². The zero-order chi connectivity index (χ0) is 17.9. The van der Waals surface area contributed by atoms with Crippen LogP contribution in [0.3, 0.4) is 0 Å². The van der Waals surface area contributed by atoms with Crippen LogP contribution in [-0.2, 0) is 0 Å². The fraction of sp³-hybridized carbons (Fsp3) is 0. The van der Waals surface area contributed by atoms with Crippen molar-refractivity contribution >= 4 is 21.7 Å². The third-order valence-electron chi connectivity index (χ3n) is 4.13. The van der Waals surface area contributed by atoms with E-state index in [4.69, 9.17) is 5.10 Å². The van der Waals surface area contributed by atoms with Gasteiger partial charge in [0.2, 0.25) is 0 Å². The first-order valence-corrected chi connectivity index (χ1v) is 9.02. The van der Waals surface area contributed by atoms with Gasteiger partial charge in [-0.3, -0.25) is 4.79 Å². The predicted molar refractivity (Wildman–Crippen MR) is 107 cm³/mol. The summed E-state index contributed by atoms with van der Waals surface area (Å²) in [7, 11) is 0. The maximum absolute atomic E-state index is 13.1. The van der Waals surface area contributed by atoms with Gasteiger partial charge >= 0.3 is 0 Å². The second kappa shape index (κ2) is 7.10. The van der Waals surface area contributed by atoms with Crippen LogP contribution in [0.15, 0.2) is 95.6 Å². The summed E-state index contributed by atoms with van der Waals surface area (Å²) in [6, 6.07) is 26.9. The van der Waals surface area contributed by atoms with E-state index in [1.54, 1.807) is 4.68 Å². The standard InChI is InChI=1S/C22H15BrN2O/c23-18-13-11-16(12-14-18)21-20(22(26)17-7-3-1-4-8-17)15-25(24-21)19-9-5-2-6-10-19/h1-15H. The van der Waals surface area contributed by atoms with Gasteiger partial charge < -0.3 is 0 Å². The SMILES string of the molecule is O=C(c1ccccc1)c1cn(-c2ccccc2)nc1-c1ccc(Br)cc1. The zero-order valence-electron chi connectivity index (χ0n) is 13.8. The maximum atomic E-state index is 13.1. The molecule has 0 saturated heterocycles. The van der Waals surface area contributed by atoms with Crippen molar-refractivity contribution < 1.29 is 4.79 Å². The summed E-state index contributed by atoms with van der Waals surface area (Å²) in [5.41, 5.74) is 3.73. The molecule has 0 N–H and O–H groups in total. The number of carbonyl (C=O) groups excluding carboxylic acids is 1. The summed E-state index contributed by atoms with van der Waals surface area (Å²) in [5, 5.41) is 4.71. The molecule has 0 aliphatic heterocycles. The van der Waals surface area contributed by atoms with Crippen molar-refractivity contribution in [3.05, 3.63) is 107 Å². The van der Waals surface area contributed by atoms with Crippen molar-refractivity contribution in [3.8, 4) is 16.9 Å². The van der Waals surface area contributed by atoms with Crippen LogP contribution in [0, 0.1) is 0 Å². The fourth-order valence-electron chi connectivity index (χ4n) is 2.82. The van der Waals surface area contributed by atoms with Crippen molar-refractivity contribution in [1.82, 2.24) is 9.78 Å². The average Bonchev–Trinajstić information content (AvgIpc) is 3.15. The van der Waals surface area contributed by atoms with E-state index in [0.717, 1.165) is 15.7 Å². The largest absolute Gasteiger partial charge is 0.288 e. The molecule has 0 unspecified atom stereocenters. The highest BCUT2D eigenvalue weighted by Gasteiger charge is 2.19. The van der Waals surface area contributed by atoms with Crippen LogP contribution in [0.5, 0.6) is 0 Å². The van der Waals surface area contributed by atoms with Gasteiger partial charge in [0.25, 0.3) is 0 Å². The topological polar surface area (TPSA) is 34.9 Å². The first kappa shape index (κ1) is 16.5. The number of carbonyl (C=O) groups is 1. The molecule has 3 aromatic carbocycles. The summed E-state index contributed by atoms with van der Waals surface area (Å²) in [6.07, 6.45) is 1.81. The number of rotatable bonds is 4. The third-order valence-corrected chi connectivity index (χ3v) is 4.66. The normalized spacial score (nSPS) is 10.7. The number of ketones is 1. The van der Waals surface area contributed by atoms with E-state index in [1.165, 1.54) is 0 Å². The van der Waals surface area contributed by atoms with Crippen LogP contribution < -0.4 is 0 Å².